The van der Waals surface area contributed by atoms with Gasteiger partial charge in [0.05, 0.1) is 18.2 Å². The Morgan fingerprint density at radius 2 is 2.17 bits per heavy atom. The van der Waals surface area contributed by atoms with Gasteiger partial charge >= 0.3 is 0 Å². The Labute approximate surface area is 142 Å². The van der Waals surface area contributed by atoms with E-state index in [0.717, 1.165) is 31.5 Å². The lowest BCUT2D eigenvalue weighted by Crippen LogP contribution is -2.38. The van der Waals surface area contributed by atoms with Crippen LogP contribution in [0.2, 0.25) is 0 Å². The summed E-state index contributed by atoms with van der Waals surface area (Å²) in [6.45, 7) is 1.59. The number of carbonyl (C=O) groups is 1. The summed E-state index contributed by atoms with van der Waals surface area (Å²) in [7, 11) is 3.89. The summed E-state index contributed by atoms with van der Waals surface area (Å²) in [5, 5.41) is 7.66. The summed E-state index contributed by atoms with van der Waals surface area (Å²) in [6, 6.07) is 8.72. The third-order valence-corrected chi connectivity index (χ3v) is 5.60. The van der Waals surface area contributed by atoms with Crippen molar-refractivity contribution >= 4 is 5.91 Å². The molecule has 1 unspecified atom stereocenters. The van der Waals surface area contributed by atoms with Gasteiger partial charge in [0.2, 0.25) is 5.91 Å². The molecule has 0 radical (unpaired) electrons. The van der Waals surface area contributed by atoms with Gasteiger partial charge in [0.15, 0.2) is 0 Å². The smallest absolute Gasteiger partial charge is 0.227 e. The van der Waals surface area contributed by atoms with E-state index in [1.807, 2.05) is 36.1 Å². The van der Waals surface area contributed by atoms with Gasteiger partial charge in [-0.05, 0) is 29.5 Å². The molecule has 0 spiro atoms. The highest BCUT2D eigenvalue weighted by molar-refractivity contribution is 5.81. The minimum absolute atomic E-state index is 0.00744. The van der Waals surface area contributed by atoms with Gasteiger partial charge < -0.3 is 10.2 Å². The van der Waals surface area contributed by atoms with E-state index in [1.165, 1.54) is 11.1 Å². The van der Waals surface area contributed by atoms with Crippen molar-refractivity contribution in [3.63, 3.8) is 0 Å². The van der Waals surface area contributed by atoms with Gasteiger partial charge in [-0.1, -0.05) is 24.3 Å². The van der Waals surface area contributed by atoms with Crippen LogP contribution < -0.4 is 5.32 Å². The van der Waals surface area contributed by atoms with Crippen LogP contribution in [-0.2, 0) is 18.3 Å². The highest BCUT2D eigenvalue weighted by Gasteiger charge is 2.39. The van der Waals surface area contributed by atoms with Crippen molar-refractivity contribution in [3.05, 3.63) is 53.3 Å². The van der Waals surface area contributed by atoms with Crippen molar-refractivity contribution in [3.8, 4) is 0 Å². The summed E-state index contributed by atoms with van der Waals surface area (Å²) in [6.07, 6.45) is 6.01. The quantitative estimate of drug-likeness (QED) is 0.938. The lowest BCUT2D eigenvalue weighted by molar-refractivity contribution is -0.136. The average molecular weight is 324 g/mol. The van der Waals surface area contributed by atoms with Gasteiger partial charge in [-0.25, -0.2) is 0 Å². The molecule has 5 nitrogen and oxygen atoms in total. The molecule has 24 heavy (non-hydrogen) atoms. The van der Waals surface area contributed by atoms with Crippen molar-refractivity contribution in [2.75, 3.05) is 20.1 Å². The van der Waals surface area contributed by atoms with Crippen LogP contribution in [0.15, 0.2) is 36.7 Å². The van der Waals surface area contributed by atoms with E-state index >= 15 is 0 Å². The van der Waals surface area contributed by atoms with E-state index in [2.05, 4.69) is 34.7 Å². The fourth-order valence-electron chi connectivity index (χ4n) is 4.27. The van der Waals surface area contributed by atoms with Crippen molar-refractivity contribution in [1.29, 1.82) is 0 Å². The van der Waals surface area contributed by atoms with E-state index in [9.17, 15) is 4.79 Å². The molecule has 1 amide bonds. The Morgan fingerprint density at radius 1 is 1.33 bits per heavy atom. The summed E-state index contributed by atoms with van der Waals surface area (Å²) in [4.78, 5) is 15.2. The maximum Gasteiger partial charge on any atom is 0.227 e. The monoisotopic (exact) mass is 324 g/mol. The van der Waals surface area contributed by atoms with Gasteiger partial charge in [-0.2, -0.15) is 5.10 Å². The van der Waals surface area contributed by atoms with Crippen LogP contribution in [0, 0.1) is 5.92 Å². The number of aryl methyl sites for hydroxylation is 2. The number of aromatic nitrogens is 2. The van der Waals surface area contributed by atoms with Gasteiger partial charge in [0, 0.05) is 39.3 Å². The SMILES string of the molecule is CN(C(=O)[C@H]1CNC[C@@H]1c1cnn(C)c1)C1CCc2ccccc21. The highest BCUT2D eigenvalue weighted by Crippen LogP contribution is 2.37. The Kier molecular flexibility index (Phi) is 3.88. The van der Waals surface area contributed by atoms with Crippen molar-refractivity contribution in [2.45, 2.75) is 24.8 Å². The summed E-state index contributed by atoms with van der Waals surface area (Å²) >= 11 is 0. The molecular weight excluding hydrogens is 300 g/mol. The molecule has 1 aromatic heterocycles. The maximum absolute atomic E-state index is 13.2. The zero-order valence-corrected chi connectivity index (χ0v) is 14.3. The fraction of sp³-hybridized carbons (Fsp3) is 0.474. The first-order valence-corrected chi connectivity index (χ1v) is 8.69. The number of amides is 1. The Morgan fingerprint density at radius 3 is 2.96 bits per heavy atom. The predicted octanol–water partition coefficient (Wildman–Crippen LogP) is 1.87. The average Bonchev–Trinajstić information content (AvgIpc) is 3.31. The van der Waals surface area contributed by atoms with Crippen LogP contribution in [0.25, 0.3) is 0 Å². The zero-order valence-electron chi connectivity index (χ0n) is 14.3. The molecule has 1 saturated heterocycles. The van der Waals surface area contributed by atoms with Gasteiger partial charge in [-0.15, -0.1) is 0 Å². The number of hydrogen-bond donors (Lipinski definition) is 1. The Balaban J connectivity index is 1.55. The molecule has 2 aromatic rings. The molecule has 0 saturated carbocycles. The number of benzene rings is 1. The van der Waals surface area contributed by atoms with E-state index < -0.39 is 0 Å². The van der Waals surface area contributed by atoms with Crippen LogP contribution in [0.1, 0.15) is 35.1 Å². The Bertz CT molecular complexity index is 753. The number of nitrogens with zero attached hydrogens (tertiary/aromatic N) is 3. The van der Waals surface area contributed by atoms with Crippen molar-refractivity contribution in [1.82, 2.24) is 20.0 Å². The van der Waals surface area contributed by atoms with E-state index in [0.29, 0.717) is 0 Å². The van der Waals surface area contributed by atoms with Crippen molar-refractivity contribution in [2.24, 2.45) is 13.0 Å². The number of fused-ring (bicyclic) bond motifs is 1. The maximum atomic E-state index is 13.2. The molecule has 5 heteroatoms. The third-order valence-electron chi connectivity index (χ3n) is 5.60. The number of hydrogen-bond acceptors (Lipinski definition) is 3. The van der Waals surface area contributed by atoms with Crippen LogP contribution >= 0.6 is 0 Å². The molecule has 2 heterocycles. The largest absolute Gasteiger partial charge is 0.338 e. The molecule has 126 valence electrons. The predicted molar refractivity (Wildman–Crippen MR) is 92.6 cm³/mol. The first kappa shape index (κ1) is 15.4. The molecule has 1 fully saturated rings. The molecule has 4 rings (SSSR count). The fourth-order valence-corrected chi connectivity index (χ4v) is 4.27. The standard InChI is InChI=1S/C19H24N4O/c1-22-12-14(9-21-22)16-10-20-11-17(16)19(24)23(2)18-8-7-13-5-3-4-6-15(13)18/h3-6,9,12,16-18,20H,7-8,10-11H2,1-2H3/t16-,17+,18?/m1/s1. The lowest BCUT2D eigenvalue weighted by Gasteiger charge is -2.29. The molecule has 2 aliphatic rings. The molecule has 1 aliphatic heterocycles. The van der Waals surface area contributed by atoms with Crippen LogP contribution in [0.4, 0.5) is 0 Å². The van der Waals surface area contributed by atoms with E-state index in [-0.39, 0.29) is 23.8 Å². The highest BCUT2D eigenvalue weighted by atomic mass is 16.2. The van der Waals surface area contributed by atoms with Gasteiger partial charge in [0.25, 0.3) is 0 Å². The zero-order chi connectivity index (χ0) is 16.7. The summed E-state index contributed by atoms with van der Waals surface area (Å²) in [5.74, 6) is 0.452. The van der Waals surface area contributed by atoms with Gasteiger partial charge in [0.1, 0.15) is 0 Å². The molecule has 1 aromatic carbocycles. The van der Waals surface area contributed by atoms with E-state index in [1.54, 1.807) is 0 Å². The summed E-state index contributed by atoms with van der Waals surface area (Å²) < 4.78 is 1.81. The first-order valence-electron chi connectivity index (χ1n) is 8.69. The van der Waals surface area contributed by atoms with E-state index in [4.69, 9.17) is 0 Å². The minimum Gasteiger partial charge on any atom is -0.338 e. The second-order valence-corrected chi connectivity index (χ2v) is 7.02. The number of nitrogens with one attached hydrogen (secondary N) is 1. The molecule has 3 atom stereocenters. The van der Waals surface area contributed by atoms with Gasteiger partial charge in [-0.3, -0.25) is 9.48 Å². The third kappa shape index (κ3) is 2.53. The molecule has 1 N–H and O–H groups in total. The second-order valence-electron chi connectivity index (χ2n) is 7.02. The lowest BCUT2D eigenvalue weighted by atomic mass is 9.89. The first-order chi connectivity index (χ1) is 11.6. The second kappa shape index (κ2) is 6.06. The number of carbonyl (C=O) groups excluding carboxylic acids is 1. The normalized spacial score (nSPS) is 25.7. The van der Waals surface area contributed by atoms with Crippen LogP contribution in [0.5, 0.6) is 0 Å². The molecule has 1 aliphatic carbocycles. The minimum atomic E-state index is -0.00744. The number of rotatable bonds is 3. The van der Waals surface area contributed by atoms with Crippen LogP contribution in [0.3, 0.4) is 0 Å². The van der Waals surface area contributed by atoms with Crippen LogP contribution in [-0.4, -0.2) is 40.7 Å². The molecule has 0 bridgehead atoms. The topological polar surface area (TPSA) is 50.2 Å². The molecular formula is C19H24N4O. The van der Waals surface area contributed by atoms with Crippen molar-refractivity contribution < 1.29 is 4.79 Å². The Hall–Kier alpha value is -2.14. The summed E-state index contributed by atoms with van der Waals surface area (Å²) in [5.41, 5.74) is 3.86.